The molecule has 0 fully saturated rings. The van der Waals surface area contributed by atoms with E-state index < -0.39 is 51.4 Å². The van der Waals surface area contributed by atoms with Gasteiger partial charge < -0.3 is 10.8 Å². The number of aromatic nitrogens is 1. The molecule has 0 bridgehead atoms. The molecule has 0 aliphatic carbocycles. The fraction of sp³-hybridized carbons (Fsp3) is 0.231. The highest BCUT2D eigenvalue weighted by Gasteiger charge is 2.39. The number of carbonyl (C=O) groups is 1. The van der Waals surface area contributed by atoms with Crippen molar-refractivity contribution < 1.29 is 36.2 Å². The SMILES string of the molecule is Cc1c(N)c(C(=O)O)cc(C(F)(F)F)c1-c1nc(C(F)(F)F)cs1. The lowest BCUT2D eigenvalue weighted by Crippen LogP contribution is -2.14. The Morgan fingerprint density at radius 3 is 2.21 bits per heavy atom. The van der Waals surface area contributed by atoms with Gasteiger partial charge >= 0.3 is 18.3 Å². The van der Waals surface area contributed by atoms with E-state index in [2.05, 4.69) is 4.98 Å². The Morgan fingerprint density at radius 1 is 1.21 bits per heavy atom. The van der Waals surface area contributed by atoms with Crippen LogP contribution >= 0.6 is 11.3 Å². The van der Waals surface area contributed by atoms with Gasteiger partial charge in [0.2, 0.25) is 0 Å². The molecule has 1 heterocycles. The van der Waals surface area contributed by atoms with Crippen LogP contribution in [0, 0.1) is 6.92 Å². The quantitative estimate of drug-likeness (QED) is 0.605. The zero-order valence-corrected chi connectivity index (χ0v) is 12.5. The van der Waals surface area contributed by atoms with Crippen LogP contribution in [0.1, 0.15) is 27.2 Å². The molecule has 0 aliphatic heterocycles. The minimum absolute atomic E-state index is 0.300. The Kier molecular flexibility index (Phi) is 4.25. The first-order valence-electron chi connectivity index (χ1n) is 6.10. The lowest BCUT2D eigenvalue weighted by molar-refractivity contribution is -0.140. The van der Waals surface area contributed by atoms with Crippen LogP contribution in [-0.2, 0) is 12.4 Å². The van der Waals surface area contributed by atoms with Crippen LogP contribution < -0.4 is 5.73 Å². The molecule has 130 valence electrons. The monoisotopic (exact) mass is 370 g/mol. The Morgan fingerprint density at radius 2 is 1.79 bits per heavy atom. The van der Waals surface area contributed by atoms with E-state index in [9.17, 15) is 31.1 Å². The number of aromatic carboxylic acids is 1. The second kappa shape index (κ2) is 5.65. The number of alkyl halides is 6. The van der Waals surface area contributed by atoms with Gasteiger partial charge in [0, 0.05) is 16.6 Å². The van der Waals surface area contributed by atoms with E-state index >= 15 is 0 Å². The second-order valence-corrected chi connectivity index (χ2v) is 5.58. The van der Waals surface area contributed by atoms with Crippen LogP contribution in [0.15, 0.2) is 11.4 Å². The highest BCUT2D eigenvalue weighted by Crippen LogP contribution is 2.44. The minimum Gasteiger partial charge on any atom is -0.478 e. The average Bonchev–Trinajstić information content (AvgIpc) is 2.89. The molecular formula is C13H8F6N2O2S. The molecule has 24 heavy (non-hydrogen) atoms. The molecule has 0 saturated heterocycles. The number of nitrogens with zero attached hydrogens (tertiary/aromatic N) is 1. The molecule has 1 aromatic carbocycles. The van der Waals surface area contributed by atoms with Crippen molar-refractivity contribution in [2.75, 3.05) is 5.73 Å². The van der Waals surface area contributed by atoms with Gasteiger partial charge in [0.1, 0.15) is 5.01 Å². The molecule has 2 rings (SSSR count). The van der Waals surface area contributed by atoms with Crippen molar-refractivity contribution in [2.45, 2.75) is 19.3 Å². The number of carboxylic acids is 1. The molecule has 0 amide bonds. The van der Waals surface area contributed by atoms with Crippen molar-refractivity contribution >= 4 is 23.0 Å². The van der Waals surface area contributed by atoms with Crippen molar-refractivity contribution in [3.63, 3.8) is 0 Å². The van der Waals surface area contributed by atoms with E-state index in [1.165, 1.54) is 0 Å². The van der Waals surface area contributed by atoms with Crippen molar-refractivity contribution in [2.24, 2.45) is 0 Å². The van der Waals surface area contributed by atoms with Crippen LogP contribution in [0.2, 0.25) is 0 Å². The molecule has 0 radical (unpaired) electrons. The van der Waals surface area contributed by atoms with E-state index in [0.29, 0.717) is 22.8 Å². The van der Waals surface area contributed by atoms with Gasteiger partial charge in [-0.3, -0.25) is 0 Å². The molecule has 2 aromatic rings. The molecule has 0 aliphatic rings. The maximum atomic E-state index is 13.3. The van der Waals surface area contributed by atoms with Crippen molar-refractivity contribution in [3.8, 4) is 10.6 Å². The summed E-state index contributed by atoms with van der Waals surface area (Å²) in [7, 11) is 0. The molecule has 3 N–H and O–H groups in total. The molecule has 11 heteroatoms. The lowest BCUT2D eigenvalue weighted by Gasteiger charge is -2.17. The lowest BCUT2D eigenvalue weighted by atomic mass is 9.96. The molecule has 1 aromatic heterocycles. The Hall–Kier alpha value is -2.30. The predicted molar refractivity (Wildman–Crippen MR) is 73.7 cm³/mol. The van der Waals surface area contributed by atoms with Gasteiger partial charge in [-0.15, -0.1) is 11.3 Å². The average molecular weight is 370 g/mol. The summed E-state index contributed by atoms with van der Waals surface area (Å²) < 4.78 is 77.6. The minimum atomic E-state index is -5.00. The Labute approximate surface area is 134 Å². The maximum absolute atomic E-state index is 13.3. The summed E-state index contributed by atoms with van der Waals surface area (Å²) >= 11 is 0.363. The summed E-state index contributed by atoms with van der Waals surface area (Å²) in [4.78, 5) is 14.2. The Balaban J connectivity index is 2.80. The first kappa shape index (κ1) is 18.0. The third kappa shape index (κ3) is 3.16. The summed E-state index contributed by atoms with van der Waals surface area (Å²) in [5.41, 5.74) is 0.581. The number of nitrogens with two attached hydrogens (primary N) is 1. The summed E-state index contributed by atoms with van der Waals surface area (Å²) in [6.45, 7) is 1.10. The van der Waals surface area contributed by atoms with E-state index in [1.54, 1.807) is 0 Å². The molecule has 0 unspecified atom stereocenters. The first-order valence-corrected chi connectivity index (χ1v) is 6.98. The first-order chi connectivity index (χ1) is 10.8. The summed E-state index contributed by atoms with van der Waals surface area (Å²) in [5.74, 6) is -1.68. The fourth-order valence-electron chi connectivity index (χ4n) is 2.03. The number of carboxylic acid groups (broad SMARTS) is 1. The van der Waals surface area contributed by atoms with Crippen LogP contribution in [0.4, 0.5) is 32.0 Å². The van der Waals surface area contributed by atoms with Crippen molar-refractivity contribution in [1.82, 2.24) is 4.98 Å². The molecule has 0 atom stereocenters. The van der Waals surface area contributed by atoms with Crippen molar-refractivity contribution in [3.05, 3.63) is 33.8 Å². The number of hydrogen-bond donors (Lipinski definition) is 2. The highest BCUT2D eigenvalue weighted by atomic mass is 32.1. The number of halogens is 6. The van der Waals surface area contributed by atoms with Crippen LogP contribution in [0.5, 0.6) is 0 Å². The van der Waals surface area contributed by atoms with Crippen LogP contribution in [-0.4, -0.2) is 16.1 Å². The third-order valence-corrected chi connectivity index (χ3v) is 4.03. The van der Waals surface area contributed by atoms with Gasteiger partial charge in [0.05, 0.1) is 11.1 Å². The van der Waals surface area contributed by atoms with E-state index in [1.807, 2.05) is 0 Å². The smallest absolute Gasteiger partial charge is 0.434 e. The van der Waals surface area contributed by atoms with Crippen LogP contribution in [0.3, 0.4) is 0 Å². The summed E-state index contributed by atoms with van der Waals surface area (Å²) in [6, 6.07) is 0.300. The molecular weight excluding hydrogens is 362 g/mol. The largest absolute Gasteiger partial charge is 0.478 e. The van der Waals surface area contributed by atoms with E-state index in [0.717, 1.165) is 6.92 Å². The standard InChI is InChI=1S/C13H8F6N2O2S/c1-4-8(10-21-7(3-24-10)13(17,18)19)6(12(14,15)16)2-5(9(4)20)11(22)23/h2-3H,20H2,1H3,(H,22,23). The van der Waals surface area contributed by atoms with Crippen molar-refractivity contribution in [1.29, 1.82) is 0 Å². The highest BCUT2D eigenvalue weighted by molar-refractivity contribution is 7.13. The predicted octanol–water partition coefficient (Wildman–Crippen LogP) is 4.44. The zero-order chi connectivity index (χ0) is 18.4. The van der Waals surface area contributed by atoms with Gasteiger partial charge in [-0.25, -0.2) is 9.78 Å². The zero-order valence-electron chi connectivity index (χ0n) is 11.7. The number of rotatable bonds is 2. The summed E-state index contributed by atoms with van der Waals surface area (Å²) in [5, 5.41) is 8.98. The van der Waals surface area contributed by atoms with Gasteiger partial charge in [0.15, 0.2) is 5.69 Å². The number of thiazole rings is 1. The number of nitrogen functional groups attached to an aromatic ring is 1. The topological polar surface area (TPSA) is 76.2 Å². The van der Waals surface area contributed by atoms with Gasteiger partial charge in [-0.2, -0.15) is 26.3 Å². The third-order valence-electron chi connectivity index (χ3n) is 3.17. The number of hydrogen-bond acceptors (Lipinski definition) is 4. The van der Waals surface area contributed by atoms with Gasteiger partial charge in [0.25, 0.3) is 0 Å². The molecule has 0 spiro atoms. The number of anilines is 1. The fourth-order valence-corrected chi connectivity index (χ4v) is 2.97. The molecule has 0 saturated carbocycles. The van der Waals surface area contributed by atoms with Gasteiger partial charge in [-0.1, -0.05) is 0 Å². The Bertz CT molecular complexity index is 810. The van der Waals surface area contributed by atoms with Crippen LogP contribution in [0.25, 0.3) is 10.6 Å². The van der Waals surface area contributed by atoms with E-state index in [-0.39, 0.29) is 5.56 Å². The maximum Gasteiger partial charge on any atom is 0.434 e. The van der Waals surface area contributed by atoms with Gasteiger partial charge in [-0.05, 0) is 18.6 Å². The number of benzene rings is 1. The molecule has 4 nitrogen and oxygen atoms in total. The second-order valence-electron chi connectivity index (χ2n) is 4.72. The summed E-state index contributed by atoms with van der Waals surface area (Å²) in [6.07, 6.45) is -9.81. The van der Waals surface area contributed by atoms with E-state index in [4.69, 9.17) is 10.8 Å². The normalized spacial score (nSPS) is 12.5.